The molecular weight excluding hydrogens is 214 g/mol. The Hall–Kier alpha value is -0.570. The van der Waals surface area contributed by atoms with Crippen LogP contribution in [0.4, 0.5) is 0 Å². The Morgan fingerprint density at radius 2 is 2.12 bits per heavy atom. The van der Waals surface area contributed by atoms with Crippen LogP contribution in [0.3, 0.4) is 0 Å². The topological polar surface area (TPSA) is 52.3 Å². The molecule has 2 unspecified atom stereocenters. The molecule has 0 heterocycles. The number of ether oxygens (including phenoxy) is 1. The molecule has 3 nitrogen and oxygen atoms in total. The molecule has 1 aliphatic carbocycles. The minimum atomic E-state index is -0.113. The summed E-state index contributed by atoms with van der Waals surface area (Å²) in [6, 6.07) is 0. The van der Waals surface area contributed by atoms with E-state index in [1.807, 2.05) is 0 Å². The van der Waals surface area contributed by atoms with E-state index in [0.717, 1.165) is 24.7 Å². The Bertz CT molecular complexity index is 253. The van der Waals surface area contributed by atoms with E-state index in [0.29, 0.717) is 13.0 Å². The maximum atomic E-state index is 11.5. The third-order valence-corrected chi connectivity index (χ3v) is 4.45. The lowest BCUT2D eigenvalue weighted by Crippen LogP contribution is -2.33. The summed E-state index contributed by atoms with van der Waals surface area (Å²) in [7, 11) is 1.46. The van der Waals surface area contributed by atoms with E-state index in [9.17, 15) is 4.79 Å². The minimum absolute atomic E-state index is 0.00324. The fourth-order valence-electron chi connectivity index (χ4n) is 3.00. The van der Waals surface area contributed by atoms with Gasteiger partial charge in [0.1, 0.15) is 0 Å². The average molecular weight is 241 g/mol. The standard InChI is InChI=1S/C14H27NO2/c1-11(2)12-5-4-7-14(10-15,8-6-12)9-13(16)17-3/h11-12H,4-10,15H2,1-3H3. The van der Waals surface area contributed by atoms with E-state index in [4.69, 9.17) is 10.5 Å². The first-order valence-corrected chi connectivity index (χ1v) is 6.80. The Morgan fingerprint density at radius 1 is 1.41 bits per heavy atom. The maximum Gasteiger partial charge on any atom is 0.306 e. The monoisotopic (exact) mass is 241 g/mol. The lowest BCUT2D eigenvalue weighted by Gasteiger charge is -2.30. The summed E-state index contributed by atoms with van der Waals surface area (Å²) in [5, 5.41) is 0. The predicted octanol–water partition coefficient (Wildman–Crippen LogP) is 2.73. The first-order chi connectivity index (χ1) is 8.03. The first-order valence-electron chi connectivity index (χ1n) is 6.80. The fraction of sp³-hybridized carbons (Fsp3) is 0.929. The van der Waals surface area contributed by atoms with Crippen molar-refractivity contribution in [1.82, 2.24) is 0 Å². The Balaban J connectivity index is 2.64. The van der Waals surface area contributed by atoms with Gasteiger partial charge < -0.3 is 10.5 Å². The molecule has 0 bridgehead atoms. The predicted molar refractivity (Wildman–Crippen MR) is 69.5 cm³/mol. The molecule has 0 amide bonds. The molecule has 1 aliphatic rings. The van der Waals surface area contributed by atoms with Gasteiger partial charge in [0.25, 0.3) is 0 Å². The molecule has 0 aromatic carbocycles. The quantitative estimate of drug-likeness (QED) is 0.608. The van der Waals surface area contributed by atoms with Crippen LogP contribution in [0.15, 0.2) is 0 Å². The van der Waals surface area contributed by atoms with Crippen molar-refractivity contribution in [3.8, 4) is 0 Å². The third kappa shape index (κ3) is 3.98. The SMILES string of the molecule is COC(=O)CC1(CN)CCCC(C(C)C)CC1. The molecule has 0 aromatic heterocycles. The minimum Gasteiger partial charge on any atom is -0.469 e. The van der Waals surface area contributed by atoms with E-state index < -0.39 is 0 Å². The van der Waals surface area contributed by atoms with Crippen LogP contribution in [-0.4, -0.2) is 19.6 Å². The highest BCUT2D eigenvalue weighted by Gasteiger charge is 2.35. The van der Waals surface area contributed by atoms with Gasteiger partial charge in [0.2, 0.25) is 0 Å². The van der Waals surface area contributed by atoms with Crippen molar-refractivity contribution in [2.45, 2.75) is 52.4 Å². The summed E-state index contributed by atoms with van der Waals surface area (Å²) in [6.07, 6.45) is 6.30. The lowest BCUT2D eigenvalue weighted by atomic mass is 9.77. The van der Waals surface area contributed by atoms with E-state index in [2.05, 4.69) is 13.8 Å². The van der Waals surface area contributed by atoms with Gasteiger partial charge in [0.15, 0.2) is 0 Å². The molecule has 2 atom stereocenters. The molecule has 1 fully saturated rings. The second-order valence-electron chi connectivity index (χ2n) is 5.89. The van der Waals surface area contributed by atoms with Crippen LogP contribution in [0.5, 0.6) is 0 Å². The smallest absolute Gasteiger partial charge is 0.306 e. The van der Waals surface area contributed by atoms with Gasteiger partial charge in [-0.3, -0.25) is 4.79 Å². The van der Waals surface area contributed by atoms with E-state index in [1.54, 1.807) is 0 Å². The number of methoxy groups -OCH3 is 1. The maximum absolute atomic E-state index is 11.5. The zero-order valence-corrected chi connectivity index (χ0v) is 11.5. The van der Waals surface area contributed by atoms with Crippen LogP contribution < -0.4 is 5.73 Å². The van der Waals surface area contributed by atoms with Gasteiger partial charge in [-0.25, -0.2) is 0 Å². The molecule has 0 saturated heterocycles. The second-order valence-corrected chi connectivity index (χ2v) is 5.89. The van der Waals surface area contributed by atoms with Crippen molar-refractivity contribution in [2.75, 3.05) is 13.7 Å². The number of carbonyl (C=O) groups excluding carboxylic acids is 1. The van der Waals surface area contributed by atoms with Crippen LogP contribution in [0, 0.1) is 17.3 Å². The first kappa shape index (κ1) is 14.5. The number of hydrogen-bond acceptors (Lipinski definition) is 3. The zero-order valence-electron chi connectivity index (χ0n) is 11.5. The highest BCUT2D eigenvalue weighted by Crippen LogP contribution is 2.41. The summed E-state index contributed by atoms with van der Waals surface area (Å²) >= 11 is 0. The van der Waals surface area contributed by atoms with Crippen LogP contribution in [0.2, 0.25) is 0 Å². The van der Waals surface area contributed by atoms with Crippen LogP contribution in [-0.2, 0) is 9.53 Å². The Labute approximate surface area is 105 Å². The fourth-order valence-corrected chi connectivity index (χ4v) is 3.00. The summed E-state index contributed by atoms with van der Waals surface area (Å²) in [5.41, 5.74) is 5.92. The molecule has 0 radical (unpaired) electrons. The molecule has 0 spiro atoms. The molecule has 0 aliphatic heterocycles. The van der Waals surface area contributed by atoms with Gasteiger partial charge in [-0.2, -0.15) is 0 Å². The van der Waals surface area contributed by atoms with Crippen molar-refractivity contribution in [3.05, 3.63) is 0 Å². The van der Waals surface area contributed by atoms with Gasteiger partial charge in [-0.05, 0) is 43.1 Å². The largest absolute Gasteiger partial charge is 0.469 e. The van der Waals surface area contributed by atoms with Crippen LogP contribution in [0.25, 0.3) is 0 Å². The highest BCUT2D eigenvalue weighted by molar-refractivity contribution is 5.70. The van der Waals surface area contributed by atoms with E-state index in [1.165, 1.54) is 26.4 Å². The molecule has 1 saturated carbocycles. The molecule has 3 heteroatoms. The number of carbonyl (C=O) groups is 1. The molecule has 2 N–H and O–H groups in total. The van der Waals surface area contributed by atoms with Crippen molar-refractivity contribution < 1.29 is 9.53 Å². The van der Waals surface area contributed by atoms with Gasteiger partial charge in [0, 0.05) is 0 Å². The number of rotatable bonds is 4. The van der Waals surface area contributed by atoms with Gasteiger partial charge in [-0.1, -0.05) is 26.7 Å². The van der Waals surface area contributed by atoms with Gasteiger partial charge >= 0.3 is 5.97 Å². The number of esters is 1. The molecule has 1 rings (SSSR count). The highest BCUT2D eigenvalue weighted by atomic mass is 16.5. The summed E-state index contributed by atoms with van der Waals surface area (Å²) in [6.45, 7) is 5.19. The number of hydrogen-bond donors (Lipinski definition) is 1. The zero-order chi connectivity index (χ0) is 12.9. The number of nitrogens with two attached hydrogens (primary N) is 1. The second kappa shape index (κ2) is 6.39. The molecular formula is C14H27NO2. The lowest BCUT2D eigenvalue weighted by molar-refractivity contribution is -0.143. The van der Waals surface area contributed by atoms with Crippen LogP contribution in [0.1, 0.15) is 52.4 Å². The Morgan fingerprint density at radius 3 is 2.65 bits per heavy atom. The summed E-state index contributed by atoms with van der Waals surface area (Å²) in [4.78, 5) is 11.5. The van der Waals surface area contributed by atoms with Gasteiger partial charge in [0.05, 0.1) is 13.5 Å². The van der Waals surface area contributed by atoms with Crippen molar-refractivity contribution in [3.63, 3.8) is 0 Å². The average Bonchev–Trinajstić information content (AvgIpc) is 2.52. The summed E-state index contributed by atoms with van der Waals surface area (Å²) < 4.78 is 4.80. The molecule has 100 valence electrons. The van der Waals surface area contributed by atoms with Crippen molar-refractivity contribution in [2.24, 2.45) is 23.0 Å². The van der Waals surface area contributed by atoms with Crippen LogP contribution >= 0.6 is 0 Å². The van der Waals surface area contributed by atoms with Gasteiger partial charge in [-0.15, -0.1) is 0 Å². The molecule has 0 aromatic rings. The normalized spacial score (nSPS) is 30.1. The van der Waals surface area contributed by atoms with Crippen molar-refractivity contribution in [1.29, 1.82) is 0 Å². The molecule has 17 heavy (non-hydrogen) atoms. The van der Waals surface area contributed by atoms with Crippen molar-refractivity contribution >= 4 is 5.97 Å². The van der Waals surface area contributed by atoms with E-state index >= 15 is 0 Å². The summed E-state index contributed by atoms with van der Waals surface area (Å²) in [5.74, 6) is 1.42. The van der Waals surface area contributed by atoms with E-state index in [-0.39, 0.29) is 11.4 Å². The third-order valence-electron chi connectivity index (χ3n) is 4.45. The Kier molecular flexibility index (Phi) is 5.44.